The van der Waals surface area contributed by atoms with E-state index in [2.05, 4.69) is 11.2 Å². The lowest BCUT2D eigenvalue weighted by Crippen LogP contribution is -2.30. The van der Waals surface area contributed by atoms with Crippen LogP contribution in [0.4, 0.5) is 0 Å². The van der Waals surface area contributed by atoms with E-state index in [0.717, 1.165) is 22.3 Å². The first-order chi connectivity index (χ1) is 15.9. The fourth-order valence-corrected chi connectivity index (χ4v) is 4.07. The Kier molecular flexibility index (Phi) is 6.90. The van der Waals surface area contributed by atoms with Crippen molar-refractivity contribution in [2.24, 2.45) is 0 Å². The second kappa shape index (κ2) is 10.0. The molecule has 3 aromatic carbocycles. The van der Waals surface area contributed by atoms with E-state index in [1.165, 1.54) is 4.68 Å². The first-order valence-electron chi connectivity index (χ1n) is 11.0. The summed E-state index contributed by atoms with van der Waals surface area (Å²) in [4.78, 5) is 26.1. The zero-order chi connectivity index (χ0) is 23.4. The standard InChI is InChI=1S/C27H26ClN3O2/c1-19-7-6-8-21(17-19)11-16-25(32)18-30-27(33)31(20(2)22-9-4-3-5-10-22)26(29-30)23-12-14-24(28)15-13-23/h3-10,12-15,17,20H,11,16,18H2,1-2H3/t20-/m0/s1. The fourth-order valence-electron chi connectivity index (χ4n) is 3.95. The summed E-state index contributed by atoms with van der Waals surface area (Å²) in [5.74, 6) is 0.484. The van der Waals surface area contributed by atoms with Gasteiger partial charge in [0.05, 0.1) is 6.04 Å². The maximum absolute atomic E-state index is 13.4. The molecule has 0 radical (unpaired) electrons. The average molecular weight is 460 g/mol. The van der Waals surface area contributed by atoms with Gasteiger partial charge in [0, 0.05) is 17.0 Å². The van der Waals surface area contributed by atoms with Gasteiger partial charge in [-0.1, -0.05) is 71.8 Å². The van der Waals surface area contributed by atoms with E-state index >= 15 is 0 Å². The van der Waals surface area contributed by atoms with Crippen molar-refractivity contribution in [3.8, 4) is 11.4 Å². The van der Waals surface area contributed by atoms with Crippen molar-refractivity contribution in [3.63, 3.8) is 0 Å². The minimum absolute atomic E-state index is 0.0294. The molecule has 4 rings (SSSR count). The summed E-state index contributed by atoms with van der Waals surface area (Å²) in [7, 11) is 0. The number of Topliss-reactive ketones (excluding diaryl/α,β-unsaturated/α-hetero) is 1. The van der Waals surface area contributed by atoms with Gasteiger partial charge < -0.3 is 0 Å². The molecule has 5 nitrogen and oxygen atoms in total. The van der Waals surface area contributed by atoms with Crippen LogP contribution < -0.4 is 5.69 Å². The molecule has 0 amide bonds. The number of rotatable bonds is 8. The number of aryl methyl sites for hydroxylation is 2. The first-order valence-corrected chi connectivity index (χ1v) is 11.4. The van der Waals surface area contributed by atoms with Gasteiger partial charge in [-0.2, -0.15) is 0 Å². The molecule has 33 heavy (non-hydrogen) atoms. The Morgan fingerprint density at radius 2 is 1.73 bits per heavy atom. The van der Waals surface area contributed by atoms with Gasteiger partial charge in [-0.25, -0.2) is 9.48 Å². The smallest absolute Gasteiger partial charge is 0.298 e. The summed E-state index contributed by atoms with van der Waals surface area (Å²) in [5.41, 5.74) is 3.73. The molecule has 1 heterocycles. The predicted octanol–water partition coefficient (Wildman–Crippen LogP) is 5.48. The molecule has 0 aliphatic carbocycles. The quantitative estimate of drug-likeness (QED) is 0.350. The number of benzene rings is 3. The van der Waals surface area contributed by atoms with Gasteiger partial charge in [0.15, 0.2) is 11.6 Å². The van der Waals surface area contributed by atoms with Gasteiger partial charge in [0.1, 0.15) is 6.54 Å². The summed E-state index contributed by atoms with van der Waals surface area (Å²) in [5, 5.41) is 5.17. The lowest BCUT2D eigenvalue weighted by atomic mass is 10.1. The molecule has 0 aliphatic heterocycles. The third kappa shape index (κ3) is 5.32. The Morgan fingerprint density at radius 1 is 1.00 bits per heavy atom. The van der Waals surface area contributed by atoms with Crippen LogP contribution in [0.5, 0.6) is 0 Å². The van der Waals surface area contributed by atoms with Crippen molar-refractivity contribution < 1.29 is 4.79 Å². The SMILES string of the molecule is Cc1cccc(CCC(=O)Cn2nc(-c3ccc(Cl)cc3)n([C@@H](C)c3ccccc3)c2=O)c1. The van der Waals surface area contributed by atoms with E-state index in [0.29, 0.717) is 23.7 Å². The highest BCUT2D eigenvalue weighted by atomic mass is 35.5. The minimum atomic E-state index is -0.305. The van der Waals surface area contributed by atoms with E-state index in [-0.39, 0.29) is 24.1 Å². The van der Waals surface area contributed by atoms with Gasteiger partial charge >= 0.3 is 5.69 Å². The van der Waals surface area contributed by atoms with Crippen LogP contribution in [0.1, 0.15) is 36.1 Å². The molecular weight excluding hydrogens is 434 g/mol. The molecule has 168 valence electrons. The number of nitrogens with zero attached hydrogens (tertiary/aromatic N) is 3. The van der Waals surface area contributed by atoms with Crippen LogP contribution in [0.2, 0.25) is 5.02 Å². The minimum Gasteiger partial charge on any atom is -0.298 e. The third-order valence-electron chi connectivity index (χ3n) is 5.74. The molecule has 0 saturated heterocycles. The highest BCUT2D eigenvalue weighted by molar-refractivity contribution is 6.30. The van der Waals surface area contributed by atoms with Crippen LogP contribution >= 0.6 is 11.6 Å². The van der Waals surface area contributed by atoms with Crippen molar-refractivity contribution in [2.75, 3.05) is 0 Å². The van der Waals surface area contributed by atoms with E-state index in [9.17, 15) is 9.59 Å². The molecule has 0 unspecified atom stereocenters. The Balaban J connectivity index is 1.63. The summed E-state index contributed by atoms with van der Waals surface area (Å²) >= 11 is 6.06. The second-order valence-electron chi connectivity index (χ2n) is 8.26. The van der Waals surface area contributed by atoms with Crippen LogP contribution in [0.3, 0.4) is 0 Å². The molecule has 0 spiro atoms. The molecule has 6 heteroatoms. The summed E-state index contributed by atoms with van der Waals surface area (Å²) in [6.07, 6.45) is 0.994. The van der Waals surface area contributed by atoms with Crippen molar-refractivity contribution >= 4 is 17.4 Å². The number of hydrogen-bond acceptors (Lipinski definition) is 3. The summed E-state index contributed by atoms with van der Waals surface area (Å²) < 4.78 is 2.92. The first kappa shape index (κ1) is 22.7. The lowest BCUT2D eigenvalue weighted by molar-refractivity contribution is -0.119. The van der Waals surface area contributed by atoms with Crippen molar-refractivity contribution in [3.05, 3.63) is 111 Å². The Bertz CT molecular complexity index is 1310. The third-order valence-corrected chi connectivity index (χ3v) is 6.00. The van der Waals surface area contributed by atoms with E-state index in [4.69, 9.17) is 11.6 Å². The monoisotopic (exact) mass is 459 g/mol. The number of aromatic nitrogens is 3. The number of hydrogen-bond donors (Lipinski definition) is 0. The Hall–Kier alpha value is -3.44. The van der Waals surface area contributed by atoms with Gasteiger partial charge in [0.2, 0.25) is 0 Å². The van der Waals surface area contributed by atoms with Crippen LogP contribution in [-0.2, 0) is 17.8 Å². The van der Waals surface area contributed by atoms with Crippen molar-refractivity contribution in [1.29, 1.82) is 0 Å². The van der Waals surface area contributed by atoms with Crippen molar-refractivity contribution in [1.82, 2.24) is 14.3 Å². The van der Waals surface area contributed by atoms with Gasteiger partial charge in [-0.3, -0.25) is 9.36 Å². The zero-order valence-corrected chi connectivity index (χ0v) is 19.5. The number of halogens is 1. The number of ketones is 1. The molecule has 4 aromatic rings. The molecule has 1 atom stereocenters. The fraction of sp³-hybridized carbons (Fsp3) is 0.222. The van der Waals surface area contributed by atoms with Crippen LogP contribution in [0, 0.1) is 6.92 Å². The van der Waals surface area contributed by atoms with Crippen LogP contribution in [0.25, 0.3) is 11.4 Å². The lowest BCUT2D eigenvalue weighted by Gasteiger charge is -2.15. The second-order valence-corrected chi connectivity index (χ2v) is 8.69. The molecule has 1 aromatic heterocycles. The molecular formula is C27H26ClN3O2. The topological polar surface area (TPSA) is 56.9 Å². The van der Waals surface area contributed by atoms with Gasteiger partial charge in [-0.05, 0) is 55.7 Å². The predicted molar refractivity (Wildman–Crippen MR) is 132 cm³/mol. The van der Waals surface area contributed by atoms with Gasteiger partial charge in [-0.15, -0.1) is 5.10 Å². The normalized spacial score (nSPS) is 12.0. The summed E-state index contributed by atoms with van der Waals surface area (Å²) in [6, 6.07) is 24.9. The van der Waals surface area contributed by atoms with Gasteiger partial charge in [0.25, 0.3) is 0 Å². The number of carbonyl (C=O) groups excluding carboxylic acids is 1. The van der Waals surface area contributed by atoms with Crippen molar-refractivity contribution in [2.45, 2.75) is 39.3 Å². The highest BCUT2D eigenvalue weighted by Gasteiger charge is 2.22. The Morgan fingerprint density at radius 3 is 2.42 bits per heavy atom. The zero-order valence-electron chi connectivity index (χ0n) is 18.7. The molecule has 0 N–H and O–H groups in total. The van der Waals surface area contributed by atoms with Crippen LogP contribution in [0.15, 0.2) is 83.7 Å². The van der Waals surface area contributed by atoms with E-state index in [1.807, 2.05) is 74.5 Å². The van der Waals surface area contributed by atoms with E-state index in [1.54, 1.807) is 16.7 Å². The Labute approximate surface area is 198 Å². The maximum Gasteiger partial charge on any atom is 0.347 e. The molecule has 0 saturated carbocycles. The molecule has 0 fully saturated rings. The maximum atomic E-state index is 13.4. The molecule has 0 aliphatic rings. The summed E-state index contributed by atoms with van der Waals surface area (Å²) in [6.45, 7) is 3.94. The largest absolute Gasteiger partial charge is 0.347 e. The van der Waals surface area contributed by atoms with Crippen LogP contribution in [-0.4, -0.2) is 20.1 Å². The average Bonchev–Trinajstić information content (AvgIpc) is 3.14. The molecule has 0 bridgehead atoms. The number of carbonyl (C=O) groups is 1. The highest BCUT2D eigenvalue weighted by Crippen LogP contribution is 2.24. The van der Waals surface area contributed by atoms with E-state index < -0.39 is 0 Å².